The largest absolute Gasteiger partial charge is 0.417 e. The second-order valence-electron chi connectivity index (χ2n) is 6.09. The Balaban J connectivity index is 1.88. The van der Waals surface area contributed by atoms with E-state index in [2.05, 4.69) is 10.0 Å². The second kappa shape index (κ2) is 7.05. The van der Waals surface area contributed by atoms with Crippen molar-refractivity contribution in [2.45, 2.75) is 23.9 Å². The minimum Gasteiger partial charge on any atom is -0.326 e. The zero-order valence-electron chi connectivity index (χ0n) is 13.7. The molecular formula is C17H14ClF3N2O3S. The molecule has 27 heavy (non-hydrogen) atoms. The molecule has 0 heterocycles. The SMILES string of the molecule is O=C(Nc1cccc(NS(=O)(=O)c2ccc(Cl)cc2C(F)(F)F)c1)C1CC1. The third kappa shape index (κ3) is 4.72. The number of hydrogen-bond acceptors (Lipinski definition) is 3. The minimum atomic E-state index is -4.89. The predicted molar refractivity (Wildman–Crippen MR) is 95.1 cm³/mol. The summed E-state index contributed by atoms with van der Waals surface area (Å²) in [5.74, 6) is -0.221. The molecule has 0 aliphatic heterocycles. The molecule has 144 valence electrons. The number of anilines is 2. The van der Waals surface area contributed by atoms with E-state index < -0.39 is 26.7 Å². The first kappa shape index (κ1) is 19.5. The number of carbonyl (C=O) groups is 1. The molecule has 3 rings (SSSR count). The van der Waals surface area contributed by atoms with Crippen molar-refractivity contribution in [3.05, 3.63) is 53.1 Å². The fraction of sp³-hybridized carbons (Fsp3) is 0.235. The smallest absolute Gasteiger partial charge is 0.326 e. The average Bonchev–Trinajstić information content (AvgIpc) is 3.38. The van der Waals surface area contributed by atoms with E-state index in [1.807, 2.05) is 0 Å². The molecule has 1 saturated carbocycles. The van der Waals surface area contributed by atoms with E-state index in [-0.39, 0.29) is 22.5 Å². The monoisotopic (exact) mass is 418 g/mol. The molecular weight excluding hydrogens is 405 g/mol. The highest BCUT2D eigenvalue weighted by molar-refractivity contribution is 7.92. The summed E-state index contributed by atoms with van der Waals surface area (Å²) < 4.78 is 66.6. The maximum atomic E-state index is 13.2. The molecule has 0 spiro atoms. The summed E-state index contributed by atoms with van der Waals surface area (Å²) in [5, 5.41) is 2.41. The molecule has 0 radical (unpaired) electrons. The van der Waals surface area contributed by atoms with Crippen molar-refractivity contribution in [1.29, 1.82) is 0 Å². The molecule has 2 aromatic rings. The number of alkyl halides is 3. The van der Waals surface area contributed by atoms with Gasteiger partial charge in [-0.25, -0.2) is 8.42 Å². The van der Waals surface area contributed by atoms with Crippen LogP contribution in [0.25, 0.3) is 0 Å². The van der Waals surface area contributed by atoms with E-state index in [4.69, 9.17) is 11.6 Å². The van der Waals surface area contributed by atoms with Gasteiger partial charge in [0.25, 0.3) is 10.0 Å². The normalized spacial score (nSPS) is 14.7. The fourth-order valence-corrected chi connectivity index (χ4v) is 3.85. The molecule has 0 atom stereocenters. The first-order chi connectivity index (χ1) is 12.6. The van der Waals surface area contributed by atoms with Crippen LogP contribution in [0.5, 0.6) is 0 Å². The Labute approximate surface area is 158 Å². The van der Waals surface area contributed by atoms with Crippen LogP contribution in [0.2, 0.25) is 5.02 Å². The molecule has 10 heteroatoms. The van der Waals surface area contributed by atoms with Gasteiger partial charge in [-0.2, -0.15) is 13.2 Å². The summed E-state index contributed by atoms with van der Waals surface area (Å²) in [6.45, 7) is 0. The van der Waals surface area contributed by atoms with Crippen molar-refractivity contribution in [3.8, 4) is 0 Å². The molecule has 0 saturated heterocycles. The Morgan fingerprint density at radius 3 is 2.37 bits per heavy atom. The van der Waals surface area contributed by atoms with Crippen molar-refractivity contribution in [2.75, 3.05) is 10.0 Å². The lowest BCUT2D eigenvalue weighted by molar-refractivity contribution is -0.139. The number of benzene rings is 2. The number of sulfonamides is 1. The van der Waals surface area contributed by atoms with Crippen LogP contribution in [-0.2, 0) is 21.0 Å². The van der Waals surface area contributed by atoms with Crippen molar-refractivity contribution >= 4 is 38.9 Å². The lowest BCUT2D eigenvalue weighted by atomic mass is 10.2. The maximum absolute atomic E-state index is 13.2. The van der Waals surface area contributed by atoms with E-state index in [0.717, 1.165) is 25.0 Å². The summed E-state index contributed by atoms with van der Waals surface area (Å²) >= 11 is 5.58. The first-order valence-electron chi connectivity index (χ1n) is 7.87. The molecule has 1 amide bonds. The molecule has 1 fully saturated rings. The van der Waals surface area contributed by atoms with Gasteiger partial charge in [-0.1, -0.05) is 17.7 Å². The Morgan fingerprint density at radius 2 is 1.74 bits per heavy atom. The highest BCUT2D eigenvalue weighted by Crippen LogP contribution is 2.36. The van der Waals surface area contributed by atoms with Gasteiger partial charge in [-0.3, -0.25) is 9.52 Å². The van der Waals surface area contributed by atoms with Crippen LogP contribution in [0.15, 0.2) is 47.4 Å². The van der Waals surface area contributed by atoms with Crippen LogP contribution in [0, 0.1) is 5.92 Å². The van der Waals surface area contributed by atoms with Gasteiger partial charge in [0.05, 0.1) is 16.1 Å². The molecule has 0 aromatic heterocycles. The maximum Gasteiger partial charge on any atom is 0.417 e. The second-order valence-corrected chi connectivity index (χ2v) is 8.18. The molecule has 2 aromatic carbocycles. The highest BCUT2D eigenvalue weighted by Gasteiger charge is 2.37. The molecule has 2 N–H and O–H groups in total. The molecule has 1 aliphatic rings. The van der Waals surface area contributed by atoms with E-state index >= 15 is 0 Å². The number of amides is 1. The van der Waals surface area contributed by atoms with Gasteiger partial charge in [0.1, 0.15) is 0 Å². The van der Waals surface area contributed by atoms with Gasteiger partial charge in [0, 0.05) is 16.6 Å². The van der Waals surface area contributed by atoms with Crippen molar-refractivity contribution < 1.29 is 26.4 Å². The van der Waals surface area contributed by atoms with Gasteiger partial charge in [0.2, 0.25) is 5.91 Å². The lowest BCUT2D eigenvalue weighted by Gasteiger charge is -2.15. The molecule has 5 nitrogen and oxygen atoms in total. The van der Waals surface area contributed by atoms with Gasteiger partial charge in [-0.15, -0.1) is 0 Å². The Morgan fingerprint density at radius 1 is 1.07 bits per heavy atom. The minimum absolute atomic E-state index is 0.0201. The quantitative estimate of drug-likeness (QED) is 0.750. The number of hydrogen-bond donors (Lipinski definition) is 2. The summed E-state index contributed by atoms with van der Waals surface area (Å²) in [7, 11) is -4.53. The Hall–Kier alpha value is -2.26. The van der Waals surface area contributed by atoms with Crippen LogP contribution in [0.1, 0.15) is 18.4 Å². The van der Waals surface area contributed by atoms with Gasteiger partial charge in [-0.05, 0) is 49.2 Å². The molecule has 0 bridgehead atoms. The van der Waals surface area contributed by atoms with Crippen molar-refractivity contribution in [3.63, 3.8) is 0 Å². The average molecular weight is 419 g/mol. The van der Waals surface area contributed by atoms with E-state index in [1.54, 1.807) is 6.07 Å². The van der Waals surface area contributed by atoms with E-state index in [0.29, 0.717) is 11.8 Å². The zero-order chi connectivity index (χ0) is 19.8. The first-order valence-corrected chi connectivity index (χ1v) is 9.73. The van der Waals surface area contributed by atoms with Crippen molar-refractivity contribution in [1.82, 2.24) is 0 Å². The topological polar surface area (TPSA) is 75.3 Å². The summed E-state index contributed by atoms with van der Waals surface area (Å²) in [5.41, 5.74) is -0.994. The predicted octanol–water partition coefficient (Wildman–Crippen LogP) is 4.51. The van der Waals surface area contributed by atoms with Gasteiger partial charge < -0.3 is 5.32 Å². The van der Waals surface area contributed by atoms with Crippen LogP contribution >= 0.6 is 11.6 Å². The molecule has 1 aliphatic carbocycles. The Kier molecular flexibility index (Phi) is 5.09. The standard InChI is InChI=1S/C17H14ClF3N2O3S/c18-11-6-7-15(14(8-11)17(19,20)21)27(25,26)23-13-3-1-2-12(9-13)22-16(24)10-4-5-10/h1-3,6-10,23H,4-5H2,(H,22,24). The van der Waals surface area contributed by atoms with Crippen LogP contribution in [0.3, 0.4) is 0 Å². The summed E-state index contributed by atoms with van der Waals surface area (Å²) in [6, 6.07) is 8.16. The third-order valence-electron chi connectivity index (χ3n) is 3.87. The van der Waals surface area contributed by atoms with Crippen LogP contribution in [0.4, 0.5) is 24.5 Å². The van der Waals surface area contributed by atoms with Gasteiger partial charge in [0.15, 0.2) is 0 Å². The highest BCUT2D eigenvalue weighted by atomic mass is 35.5. The van der Waals surface area contributed by atoms with Crippen molar-refractivity contribution in [2.24, 2.45) is 5.92 Å². The summed E-state index contributed by atoms with van der Waals surface area (Å²) in [6.07, 6.45) is -3.29. The molecule has 0 unspecified atom stereocenters. The van der Waals surface area contributed by atoms with Gasteiger partial charge >= 0.3 is 6.18 Å². The zero-order valence-corrected chi connectivity index (χ0v) is 15.3. The number of halogens is 4. The van der Waals surface area contributed by atoms with Crippen LogP contribution < -0.4 is 10.0 Å². The fourth-order valence-electron chi connectivity index (χ4n) is 2.42. The van der Waals surface area contributed by atoms with E-state index in [1.165, 1.54) is 18.2 Å². The Bertz CT molecular complexity index is 989. The van der Waals surface area contributed by atoms with E-state index in [9.17, 15) is 26.4 Å². The third-order valence-corrected chi connectivity index (χ3v) is 5.54. The number of nitrogens with one attached hydrogen (secondary N) is 2. The lowest BCUT2D eigenvalue weighted by Crippen LogP contribution is -2.19. The number of carbonyl (C=O) groups excluding carboxylic acids is 1. The van der Waals surface area contributed by atoms with Crippen LogP contribution in [-0.4, -0.2) is 14.3 Å². The number of rotatable bonds is 5. The summed E-state index contributed by atoms with van der Waals surface area (Å²) in [4.78, 5) is 10.9.